The normalized spacial score (nSPS) is 20.4. The Kier molecular flexibility index (Phi) is 5.96. The van der Waals surface area contributed by atoms with Gasteiger partial charge < -0.3 is 5.11 Å². The van der Waals surface area contributed by atoms with Gasteiger partial charge in [0.1, 0.15) is 5.54 Å². The van der Waals surface area contributed by atoms with E-state index in [2.05, 4.69) is 19.2 Å². The molecule has 0 aromatic carbocycles. The maximum absolute atomic E-state index is 11.4. The maximum atomic E-state index is 11.4. The first-order chi connectivity index (χ1) is 8.10. The minimum absolute atomic E-state index is 0.320. The fourth-order valence-corrected chi connectivity index (χ4v) is 2.82. The van der Waals surface area contributed by atoms with E-state index < -0.39 is 11.5 Å². The van der Waals surface area contributed by atoms with Crippen LogP contribution in [0.3, 0.4) is 0 Å². The average molecular weight is 241 g/mol. The van der Waals surface area contributed by atoms with E-state index >= 15 is 0 Å². The Hall–Kier alpha value is -0.570. The van der Waals surface area contributed by atoms with Crippen molar-refractivity contribution in [2.45, 2.75) is 83.2 Å². The second kappa shape index (κ2) is 7.00. The van der Waals surface area contributed by atoms with Crippen molar-refractivity contribution in [3.8, 4) is 0 Å². The van der Waals surface area contributed by atoms with Crippen LogP contribution in [-0.4, -0.2) is 22.7 Å². The van der Waals surface area contributed by atoms with E-state index in [1.165, 1.54) is 25.7 Å². The second-order valence-electron chi connectivity index (χ2n) is 5.49. The molecule has 0 radical (unpaired) electrons. The van der Waals surface area contributed by atoms with Crippen molar-refractivity contribution >= 4 is 5.97 Å². The molecule has 1 rings (SSSR count). The Morgan fingerprint density at radius 3 is 2.47 bits per heavy atom. The molecule has 100 valence electrons. The largest absolute Gasteiger partial charge is 0.480 e. The van der Waals surface area contributed by atoms with Crippen molar-refractivity contribution in [2.24, 2.45) is 0 Å². The molecule has 3 heteroatoms. The molecule has 1 fully saturated rings. The predicted molar refractivity (Wildman–Crippen MR) is 70.2 cm³/mol. The lowest BCUT2D eigenvalue weighted by Crippen LogP contribution is -2.53. The number of carboxylic acid groups (broad SMARTS) is 1. The van der Waals surface area contributed by atoms with Crippen molar-refractivity contribution in [1.82, 2.24) is 5.32 Å². The highest BCUT2D eigenvalue weighted by molar-refractivity contribution is 5.79. The van der Waals surface area contributed by atoms with E-state index in [0.29, 0.717) is 6.04 Å². The summed E-state index contributed by atoms with van der Waals surface area (Å²) >= 11 is 0. The molecule has 2 N–H and O–H groups in total. The molecule has 17 heavy (non-hydrogen) atoms. The van der Waals surface area contributed by atoms with E-state index in [4.69, 9.17) is 0 Å². The number of hydrogen-bond donors (Lipinski definition) is 2. The predicted octanol–water partition coefficient (Wildman–Crippen LogP) is 3.33. The van der Waals surface area contributed by atoms with Gasteiger partial charge in [-0.05, 0) is 26.2 Å². The zero-order valence-corrected chi connectivity index (χ0v) is 11.3. The number of nitrogens with one attached hydrogen (secondary N) is 1. The van der Waals surface area contributed by atoms with Crippen LogP contribution in [0.4, 0.5) is 0 Å². The van der Waals surface area contributed by atoms with Crippen LogP contribution in [0, 0.1) is 0 Å². The van der Waals surface area contributed by atoms with E-state index in [9.17, 15) is 9.90 Å². The van der Waals surface area contributed by atoms with Crippen LogP contribution >= 0.6 is 0 Å². The monoisotopic (exact) mass is 241 g/mol. The molecule has 1 atom stereocenters. The number of rotatable bonds is 8. The minimum Gasteiger partial charge on any atom is -0.480 e. The molecule has 0 bridgehead atoms. The first kappa shape index (κ1) is 14.5. The Labute approximate surface area is 105 Å². The lowest BCUT2D eigenvalue weighted by Gasteiger charge is -2.29. The molecule has 1 saturated carbocycles. The van der Waals surface area contributed by atoms with Crippen LogP contribution in [-0.2, 0) is 4.79 Å². The van der Waals surface area contributed by atoms with Gasteiger partial charge >= 0.3 is 5.97 Å². The van der Waals surface area contributed by atoms with Crippen LogP contribution < -0.4 is 5.32 Å². The summed E-state index contributed by atoms with van der Waals surface area (Å²) < 4.78 is 0. The third kappa shape index (κ3) is 4.30. The molecule has 0 aliphatic heterocycles. The highest BCUT2D eigenvalue weighted by atomic mass is 16.4. The minimum atomic E-state index is -0.657. The molecular weight excluding hydrogens is 214 g/mol. The molecule has 0 heterocycles. The summed E-state index contributed by atoms with van der Waals surface area (Å²) in [5.41, 5.74) is -0.621. The molecule has 0 aromatic rings. The fourth-order valence-electron chi connectivity index (χ4n) is 2.82. The van der Waals surface area contributed by atoms with Crippen molar-refractivity contribution in [3.05, 3.63) is 0 Å². The van der Waals surface area contributed by atoms with E-state index in [1.54, 1.807) is 0 Å². The van der Waals surface area contributed by atoms with Crippen LogP contribution in [0.2, 0.25) is 0 Å². The average Bonchev–Trinajstić information content (AvgIpc) is 2.74. The summed E-state index contributed by atoms with van der Waals surface area (Å²) in [6, 6.07) is 0.320. The Balaban J connectivity index is 2.32. The highest BCUT2D eigenvalue weighted by Gasteiger charge is 2.41. The second-order valence-corrected chi connectivity index (χ2v) is 5.49. The Morgan fingerprint density at radius 2 is 1.94 bits per heavy atom. The number of hydrogen-bond acceptors (Lipinski definition) is 2. The summed E-state index contributed by atoms with van der Waals surface area (Å²) in [6.45, 7) is 4.33. The summed E-state index contributed by atoms with van der Waals surface area (Å²) in [5.74, 6) is -0.657. The lowest BCUT2D eigenvalue weighted by molar-refractivity contribution is -0.145. The van der Waals surface area contributed by atoms with Gasteiger partial charge in [0.2, 0.25) is 0 Å². The van der Waals surface area contributed by atoms with Crippen LogP contribution in [0.5, 0.6) is 0 Å². The van der Waals surface area contributed by atoms with Crippen molar-refractivity contribution in [1.29, 1.82) is 0 Å². The highest BCUT2D eigenvalue weighted by Crippen LogP contribution is 2.30. The molecule has 0 aromatic heterocycles. The van der Waals surface area contributed by atoms with Crippen molar-refractivity contribution in [3.63, 3.8) is 0 Å². The number of carboxylic acids is 1. The van der Waals surface area contributed by atoms with Crippen molar-refractivity contribution < 1.29 is 9.90 Å². The number of aliphatic carboxylic acids is 1. The standard InChI is InChI=1S/C14H27NO2/c1-3-4-5-6-9-12(2)15-14(13(16)17)10-7-8-11-14/h12,15H,3-11H2,1-2H3,(H,16,17). The summed E-state index contributed by atoms with van der Waals surface area (Å²) in [6.07, 6.45) is 9.78. The van der Waals surface area contributed by atoms with Crippen LogP contribution in [0.1, 0.15) is 71.6 Å². The van der Waals surface area contributed by atoms with Gasteiger partial charge in [-0.1, -0.05) is 45.4 Å². The van der Waals surface area contributed by atoms with Gasteiger partial charge in [0.15, 0.2) is 0 Å². The van der Waals surface area contributed by atoms with Gasteiger partial charge in [0, 0.05) is 6.04 Å². The van der Waals surface area contributed by atoms with Gasteiger partial charge in [0.25, 0.3) is 0 Å². The number of carbonyl (C=O) groups is 1. The summed E-state index contributed by atoms with van der Waals surface area (Å²) in [5, 5.41) is 12.7. The third-order valence-corrected chi connectivity index (χ3v) is 3.88. The van der Waals surface area contributed by atoms with Gasteiger partial charge in [-0.25, -0.2) is 0 Å². The quantitative estimate of drug-likeness (QED) is 0.641. The lowest BCUT2D eigenvalue weighted by atomic mass is 9.95. The van der Waals surface area contributed by atoms with E-state index in [1.807, 2.05) is 0 Å². The molecule has 1 aliphatic carbocycles. The fraction of sp³-hybridized carbons (Fsp3) is 0.929. The summed E-state index contributed by atoms with van der Waals surface area (Å²) in [7, 11) is 0. The molecule has 1 unspecified atom stereocenters. The zero-order valence-electron chi connectivity index (χ0n) is 11.3. The van der Waals surface area contributed by atoms with E-state index in [0.717, 1.165) is 32.1 Å². The third-order valence-electron chi connectivity index (χ3n) is 3.88. The molecular formula is C14H27NO2. The van der Waals surface area contributed by atoms with Gasteiger partial charge in [-0.3, -0.25) is 10.1 Å². The van der Waals surface area contributed by atoms with E-state index in [-0.39, 0.29) is 0 Å². The van der Waals surface area contributed by atoms with Gasteiger partial charge in [0.05, 0.1) is 0 Å². The first-order valence-electron chi connectivity index (χ1n) is 7.12. The smallest absolute Gasteiger partial charge is 0.323 e. The Morgan fingerprint density at radius 1 is 1.29 bits per heavy atom. The Bertz CT molecular complexity index is 234. The molecule has 0 spiro atoms. The SMILES string of the molecule is CCCCCCC(C)NC1(C(=O)O)CCCC1. The molecule has 0 saturated heterocycles. The summed E-state index contributed by atoms with van der Waals surface area (Å²) in [4.78, 5) is 11.4. The van der Waals surface area contributed by atoms with Gasteiger partial charge in [-0.15, -0.1) is 0 Å². The van der Waals surface area contributed by atoms with Crippen molar-refractivity contribution in [2.75, 3.05) is 0 Å². The van der Waals surface area contributed by atoms with Crippen LogP contribution in [0.15, 0.2) is 0 Å². The maximum Gasteiger partial charge on any atom is 0.323 e. The molecule has 0 amide bonds. The number of unbranched alkanes of at least 4 members (excludes halogenated alkanes) is 3. The van der Waals surface area contributed by atoms with Crippen LogP contribution in [0.25, 0.3) is 0 Å². The molecule has 1 aliphatic rings. The first-order valence-corrected chi connectivity index (χ1v) is 7.12. The topological polar surface area (TPSA) is 49.3 Å². The van der Waals surface area contributed by atoms with Gasteiger partial charge in [-0.2, -0.15) is 0 Å². The molecule has 3 nitrogen and oxygen atoms in total. The zero-order chi connectivity index (χ0) is 12.7.